The van der Waals surface area contributed by atoms with Crippen molar-refractivity contribution in [3.63, 3.8) is 0 Å². The number of hydrogen-bond donors (Lipinski definition) is 0. The Kier molecular flexibility index (Phi) is 3.58. The second kappa shape index (κ2) is 5.15. The fourth-order valence-corrected chi connectivity index (χ4v) is 1.95. The van der Waals surface area contributed by atoms with Crippen LogP contribution >= 0.6 is 0 Å². The third-order valence-corrected chi connectivity index (χ3v) is 3.32. The molecule has 0 amide bonds. The van der Waals surface area contributed by atoms with E-state index in [1.165, 1.54) is 10.8 Å². The van der Waals surface area contributed by atoms with Gasteiger partial charge in [-0.15, -0.1) is 5.10 Å². The highest BCUT2D eigenvalue weighted by Crippen LogP contribution is 2.09. The zero-order chi connectivity index (χ0) is 13.0. The highest BCUT2D eigenvalue weighted by molar-refractivity contribution is 7.85. The maximum atomic E-state index is 11.2. The first-order valence-electron chi connectivity index (χ1n) is 5.02. The van der Waals surface area contributed by atoms with Gasteiger partial charge in [-0.2, -0.15) is 18.1 Å². The van der Waals surface area contributed by atoms with Crippen LogP contribution in [0, 0.1) is 0 Å². The number of aromatic nitrogens is 4. The molecule has 0 unspecified atom stereocenters. The largest absolute Gasteiger partial charge is 0.329 e. The first kappa shape index (κ1) is 12.5. The van der Waals surface area contributed by atoms with Gasteiger partial charge in [-0.3, -0.25) is 4.18 Å². The van der Waals surface area contributed by atoms with Crippen molar-refractivity contribution in [3.05, 3.63) is 36.9 Å². The Labute approximate surface area is 104 Å². The quantitative estimate of drug-likeness (QED) is 0.561. The summed E-state index contributed by atoms with van der Waals surface area (Å²) in [6, 6.07) is 3.42. The maximum Gasteiger partial charge on any atom is 0.329 e. The monoisotopic (exact) mass is 267 g/mol. The zero-order valence-corrected chi connectivity index (χ0v) is 10.4. The molecule has 2 aromatic heterocycles. The van der Waals surface area contributed by atoms with E-state index in [1.54, 1.807) is 30.7 Å². The second-order valence-corrected chi connectivity index (χ2v) is 5.13. The van der Waals surface area contributed by atoms with Crippen LogP contribution in [0.5, 0.6) is 0 Å². The molecule has 0 saturated carbocycles. The van der Waals surface area contributed by atoms with Gasteiger partial charge in [-0.1, -0.05) is 0 Å². The van der Waals surface area contributed by atoms with E-state index in [4.69, 9.17) is 0 Å². The molecule has 0 aliphatic carbocycles. The van der Waals surface area contributed by atoms with Crippen molar-refractivity contribution in [2.75, 3.05) is 7.11 Å². The molecule has 0 radical (unpaired) electrons. The van der Waals surface area contributed by atoms with Crippen LogP contribution in [0.15, 0.2) is 36.9 Å². The van der Waals surface area contributed by atoms with E-state index in [-0.39, 0.29) is 5.88 Å². The van der Waals surface area contributed by atoms with Crippen LogP contribution in [0.2, 0.25) is 0 Å². The van der Waals surface area contributed by atoms with Gasteiger partial charge in [0.2, 0.25) is 0 Å². The van der Waals surface area contributed by atoms with E-state index < -0.39 is 10.1 Å². The van der Waals surface area contributed by atoms with Crippen molar-refractivity contribution in [1.82, 2.24) is 15.2 Å². The normalized spacial score (nSPS) is 11.4. The Morgan fingerprint density at radius 2 is 2.00 bits per heavy atom. The van der Waals surface area contributed by atoms with Crippen LogP contribution in [0.3, 0.4) is 0 Å². The third kappa shape index (κ3) is 3.05. The summed E-state index contributed by atoms with van der Waals surface area (Å²) in [6.07, 6.45) is 6.25. The molecule has 0 saturated heterocycles. The summed E-state index contributed by atoms with van der Waals surface area (Å²) < 4.78 is 28.3. The summed E-state index contributed by atoms with van der Waals surface area (Å²) >= 11 is 0. The highest BCUT2D eigenvalue weighted by Gasteiger charge is 2.15. The van der Waals surface area contributed by atoms with E-state index in [9.17, 15) is 8.42 Å². The van der Waals surface area contributed by atoms with Gasteiger partial charge in [0.15, 0.2) is 18.2 Å². The van der Waals surface area contributed by atoms with Gasteiger partial charge < -0.3 is 0 Å². The van der Waals surface area contributed by atoms with Crippen LogP contribution in [-0.2, 0) is 20.2 Å². The van der Waals surface area contributed by atoms with Gasteiger partial charge in [0.1, 0.15) is 0 Å². The fourth-order valence-electron chi connectivity index (χ4n) is 1.31. The van der Waals surface area contributed by atoms with Crippen LogP contribution < -0.4 is 4.57 Å². The van der Waals surface area contributed by atoms with E-state index in [0.717, 1.165) is 12.7 Å². The van der Waals surface area contributed by atoms with Crippen molar-refractivity contribution in [2.24, 2.45) is 0 Å². The van der Waals surface area contributed by atoms with E-state index in [2.05, 4.69) is 19.4 Å². The number of nitrogens with zero attached hydrogens (tertiary/aromatic N) is 4. The smallest absolute Gasteiger partial charge is 0.269 e. The van der Waals surface area contributed by atoms with Gasteiger partial charge >= 0.3 is 10.1 Å². The molecule has 0 bridgehead atoms. The van der Waals surface area contributed by atoms with Crippen LogP contribution in [0.4, 0.5) is 0 Å². The Morgan fingerprint density at radius 1 is 1.28 bits per heavy atom. The molecule has 0 spiro atoms. The summed E-state index contributed by atoms with van der Waals surface area (Å²) in [5, 5.41) is 7.58. The standard InChI is InChI=1S/C10H11N4O3S/c1-17-18(15,16)8-14-6-2-9(3-7-14)10-11-4-5-12-13-10/h2-7H,8H2,1H3/q+1. The lowest BCUT2D eigenvalue weighted by molar-refractivity contribution is -0.678. The summed E-state index contributed by atoms with van der Waals surface area (Å²) in [5.74, 6) is 0.247. The lowest BCUT2D eigenvalue weighted by atomic mass is 10.2. The van der Waals surface area contributed by atoms with Crippen LogP contribution in [0.1, 0.15) is 0 Å². The van der Waals surface area contributed by atoms with Crippen molar-refractivity contribution < 1.29 is 17.2 Å². The van der Waals surface area contributed by atoms with Gasteiger partial charge in [0, 0.05) is 23.9 Å². The Balaban J connectivity index is 2.21. The molecule has 0 aromatic carbocycles. The van der Waals surface area contributed by atoms with Crippen molar-refractivity contribution in [2.45, 2.75) is 5.88 Å². The molecule has 8 heteroatoms. The fraction of sp³-hybridized carbons (Fsp3) is 0.200. The molecule has 18 heavy (non-hydrogen) atoms. The summed E-state index contributed by atoms with van der Waals surface area (Å²) in [7, 11) is -2.40. The van der Waals surface area contributed by atoms with Gasteiger partial charge in [-0.05, 0) is 0 Å². The second-order valence-electron chi connectivity index (χ2n) is 3.42. The predicted octanol–water partition coefficient (Wildman–Crippen LogP) is -0.240. The van der Waals surface area contributed by atoms with E-state index in [1.807, 2.05) is 0 Å². The first-order chi connectivity index (χ1) is 8.61. The maximum absolute atomic E-state index is 11.2. The SMILES string of the molecule is COS(=O)(=O)C[n+]1ccc(-c2nccnn2)cc1. The molecule has 0 aliphatic rings. The molecule has 0 aliphatic heterocycles. The molecule has 0 N–H and O–H groups in total. The molecule has 7 nitrogen and oxygen atoms in total. The minimum atomic E-state index is -3.53. The van der Waals surface area contributed by atoms with Gasteiger partial charge in [0.05, 0.1) is 13.3 Å². The molecular formula is C10H11N4O3S+. The Hall–Kier alpha value is -1.93. The predicted molar refractivity (Wildman–Crippen MR) is 61.4 cm³/mol. The minimum Gasteiger partial charge on any atom is -0.269 e. The number of pyridine rings is 1. The van der Waals surface area contributed by atoms with Gasteiger partial charge in [0.25, 0.3) is 5.88 Å². The lowest BCUT2D eigenvalue weighted by Crippen LogP contribution is -2.37. The van der Waals surface area contributed by atoms with Crippen LogP contribution in [-0.4, -0.2) is 30.7 Å². The van der Waals surface area contributed by atoms with Crippen LogP contribution in [0.25, 0.3) is 11.4 Å². The average Bonchev–Trinajstić information content (AvgIpc) is 2.40. The molecule has 94 valence electrons. The molecule has 0 atom stereocenters. The van der Waals surface area contributed by atoms with Crippen molar-refractivity contribution in [1.29, 1.82) is 0 Å². The van der Waals surface area contributed by atoms with Crippen molar-refractivity contribution in [3.8, 4) is 11.4 Å². The van der Waals surface area contributed by atoms with Crippen molar-refractivity contribution >= 4 is 10.1 Å². The molecule has 2 heterocycles. The molecule has 0 fully saturated rings. The minimum absolute atomic E-state index is 0.238. The first-order valence-corrected chi connectivity index (χ1v) is 6.60. The van der Waals surface area contributed by atoms with Gasteiger partial charge in [-0.25, -0.2) is 4.98 Å². The van der Waals surface area contributed by atoms with E-state index >= 15 is 0 Å². The number of rotatable bonds is 4. The average molecular weight is 267 g/mol. The molecule has 2 rings (SSSR count). The summed E-state index contributed by atoms with van der Waals surface area (Å²) in [6.45, 7) is 0. The van der Waals surface area contributed by atoms with E-state index in [0.29, 0.717) is 5.82 Å². The Morgan fingerprint density at radius 3 is 2.56 bits per heavy atom. The molecule has 2 aromatic rings. The summed E-state index contributed by atoms with van der Waals surface area (Å²) in [5.41, 5.74) is 0.758. The molecular weight excluding hydrogens is 256 g/mol. The summed E-state index contributed by atoms with van der Waals surface area (Å²) in [4.78, 5) is 4.04. The third-order valence-electron chi connectivity index (χ3n) is 2.19. The highest BCUT2D eigenvalue weighted by atomic mass is 32.2. The Bertz CT molecular complexity index is 613. The zero-order valence-electron chi connectivity index (χ0n) is 9.59. The topological polar surface area (TPSA) is 85.9 Å². The lowest BCUT2D eigenvalue weighted by Gasteiger charge is -1.99. The number of hydrogen-bond acceptors (Lipinski definition) is 6.